The Morgan fingerprint density at radius 3 is 2.60 bits per heavy atom. The topological polar surface area (TPSA) is 38.7 Å². The van der Waals surface area contributed by atoms with Crippen LogP contribution >= 0.6 is 23.4 Å². The highest BCUT2D eigenvalue weighted by Crippen LogP contribution is 2.25. The Morgan fingerprint density at radius 2 is 1.93 bits per heavy atom. The van der Waals surface area contributed by atoms with E-state index in [4.69, 9.17) is 11.6 Å². The quantitative estimate of drug-likeness (QED) is 0.805. The van der Waals surface area contributed by atoms with Crippen molar-refractivity contribution >= 4 is 23.4 Å². The zero-order chi connectivity index (χ0) is 10.7. The molecule has 1 aromatic carbocycles. The van der Waals surface area contributed by atoms with Gasteiger partial charge in [-0.05, 0) is 30.7 Å². The van der Waals surface area contributed by atoms with Crippen LogP contribution in [0.2, 0.25) is 5.28 Å². The molecule has 0 bridgehead atoms. The molecule has 0 saturated heterocycles. The average Bonchev–Trinajstić information content (AvgIpc) is 2.22. The van der Waals surface area contributed by atoms with Crippen LogP contribution in [0.3, 0.4) is 0 Å². The molecule has 0 unspecified atom stereocenters. The van der Waals surface area contributed by atoms with Crippen LogP contribution in [-0.4, -0.2) is 15.2 Å². The van der Waals surface area contributed by atoms with Gasteiger partial charge < -0.3 is 0 Å². The molecule has 76 valence electrons. The zero-order valence-electron chi connectivity index (χ0n) is 8.01. The van der Waals surface area contributed by atoms with Gasteiger partial charge in [0.25, 0.3) is 0 Å². The average molecular weight is 238 g/mol. The molecule has 0 spiro atoms. The largest absolute Gasteiger partial charge is 0.244 e. The molecule has 2 aromatic rings. The number of nitrogens with zero attached hydrogens (tertiary/aromatic N) is 3. The number of halogens is 1. The molecule has 0 aliphatic carbocycles. The van der Waals surface area contributed by atoms with Crippen molar-refractivity contribution in [2.45, 2.75) is 16.8 Å². The lowest BCUT2D eigenvalue weighted by atomic mass is 10.2. The summed E-state index contributed by atoms with van der Waals surface area (Å²) in [4.78, 5) is 5.15. The summed E-state index contributed by atoms with van der Waals surface area (Å²) in [6.45, 7) is 2.05. The molecule has 2 rings (SSSR count). The lowest BCUT2D eigenvalue weighted by Crippen LogP contribution is -1.88. The molecule has 3 nitrogen and oxygen atoms in total. The van der Waals surface area contributed by atoms with E-state index >= 15 is 0 Å². The molecule has 0 aliphatic heterocycles. The highest BCUT2D eigenvalue weighted by molar-refractivity contribution is 7.99. The predicted octanol–water partition coefficient (Wildman–Crippen LogP) is 2.98. The first kappa shape index (κ1) is 10.4. The molecule has 0 fully saturated rings. The van der Waals surface area contributed by atoms with Gasteiger partial charge in [-0.2, -0.15) is 5.10 Å². The lowest BCUT2D eigenvalue weighted by molar-refractivity contribution is 0.903. The van der Waals surface area contributed by atoms with Crippen molar-refractivity contribution in [1.29, 1.82) is 0 Å². The van der Waals surface area contributed by atoms with E-state index in [1.807, 2.05) is 12.1 Å². The highest BCUT2D eigenvalue weighted by atomic mass is 35.5. The first-order valence-electron chi connectivity index (χ1n) is 4.34. The van der Waals surface area contributed by atoms with Gasteiger partial charge in [0, 0.05) is 4.90 Å². The summed E-state index contributed by atoms with van der Waals surface area (Å²) in [6, 6.07) is 8.18. The fourth-order valence-electron chi connectivity index (χ4n) is 1.04. The third kappa shape index (κ3) is 2.91. The van der Waals surface area contributed by atoms with Gasteiger partial charge in [0.1, 0.15) is 5.03 Å². The minimum atomic E-state index is 0.173. The predicted molar refractivity (Wildman–Crippen MR) is 60.1 cm³/mol. The Kier molecular flexibility index (Phi) is 3.18. The summed E-state index contributed by atoms with van der Waals surface area (Å²) in [5.74, 6) is 0. The SMILES string of the molecule is Cc1ccc(Sc2cnnc(Cl)n2)cc1. The van der Waals surface area contributed by atoms with Crippen LogP contribution in [0.5, 0.6) is 0 Å². The summed E-state index contributed by atoms with van der Waals surface area (Å²) < 4.78 is 0. The van der Waals surface area contributed by atoms with E-state index in [0.29, 0.717) is 0 Å². The Bertz CT molecular complexity index is 458. The van der Waals surface area contributed by atoms with Gasteiger partial charge in [0.15, 0.2) is 0 Å². The van der Waals surface area contributed by atoms with E-state index in [1.54, 1.807) is 6.20 Å². The maximum atomic E-state index is 5.64. The highest BCUT2D eigenvalue weighted by Gasteiger charge is 2.00. The minimum Gasteiger partial charge on any atom is -0.208 e. The van der Waals surface area contributed by atoms with E-state index in [2.05, 4.69) is 34.2 Å². The first-order chi connectivity index (χ1) is 7.24. The molecular weight excluding hydrogens is 230 g/mol. The summed E-state index contributed by atoms with van der Waals surface area (Å²) in [7, 11) is 0. The van der Waals surface area contributed by atoms with Crippen LogP contribution in [0.4, 0.5) is 0 Å². The van der Waals surface area contributed by atoms with Gasteiger partial charge in [0.05, 0.1) is 6.20 Å². The van der Waals surface area contributed by atoms with Gasteiger partial charge >= 0.3 is 0 Å². The van der Waals surface area contributed by atoms with E-state index in [-0.39, 0.29) is 5.28 Å². The minimum absolute atomic E-state index is 0.173. The standard InChI is InChI=1S/C10H8ClN3S/c1-7-2-4-8(5-3-7)15-9-6-12-14-10(11)13-9/h2-6H,1H3. The lowest BCUT2D eigenvalue weighted by Gasteiger charge is -2.00. The third-order valence-electron chi connectivity index (χ3n) is 1.75. The van der Waals surface area contributed by atoms with E-state index in [9.17, 15) is 0 Å². The van der Waals surface area contributed by atoms with Crippen LogP contribution in [0.25, 0.3) is 0 Å². The summed E-state index contributed by atoms with van der Waals surface area (Å²) in [5, 5.41) is 8.24. The van der Waals surface area contributed by atoms with Gasteiger partial charge in [-0.1, -0.05) is 29.5 Å². The number of aromatic nitrogens is 3. The molecular formula is C10H8ClN3S. The molecule has 0 amide bonds. The van der Waals surface area contributed by atoms with E-state index < -0.39 is 0 Å². The number of hydrogen-bond donors (Lipinski definition) is 0. The Morgan fingerprint density at radius 1 is 1.20 bits per heavy atom. The van der Waals surface area contributed by atoms with Crippen LogP contribution in [0, 0.1) is 6.92 Å². The molecule has 0 N–H and O–H groups in total. The fraction of sp³-hybridized carbons (Fsp3) is 0.100. The number of hydrogen-bond acceptors (Lipinski definition) is 4. The van der Waals surface area contributed by atoms with Crippen LogP contribution in [-0.2, 0) is 0 Å². The first-order valence-corrected chi connectivity index (χ1v) is 5.53. The van der Waals surface area contributed by atoms with Crippen LogP contribution in [0.15, 0.2) is 40.4 Å². The van der Waals surface area contributed by atoms with Gasteiger partial charge in [-0.25, -0.2) is 4.98 Å². The Hall–Kier alpha value is -1.13. The van der Waals surface area contributed by atoms with E-state index in [1.165, 1.54) is 17.3 Å². The van der Waals surface area contributed by atoms with Gasteiger partial charge in [0.2, 0.25) is 5.28 Å². The smallest absolute Gasteiger partial charge is 0.208 e. The maximum Gasteiger partial charge on any atom is 0.244 e. The molecule has 0 atom stereocenters. The van der Waals surface area contributed by atoms with E-state index in [0.717, 1.165) is 9.92 Å². The van der Waals surface area contributed by atoms with Crippen molar-refractivity contribution in [3.63, 3.8) is 0 Å². The van der Waals surface area contributed by atoms with Crippen molar-refractivity contribution in [3.05, 3.63) is 41.3 Å². The van der Waals surface area contributed by atoms with Crippen molar-refractivity contribution in [3.8, 4) is 0 Å². The second kappa shape index (κ2) is 4.59. The van der Waals surface area contributed by atoms with Crippen molar-refractivity contribution < 1.29 is 0 Å². The normalized spacial score (nSPS) is 10.3. The third-order valence-corrected chi connectivity index (χ3v) is 2.83. The van der Waals surface area contributed by atoms with Crippen molar-refractivity contribution in [2.24, 2.45) is 0 Å². The number of aryl methyl sites for hydroxylation is 1. The molecule has 0 aliphatic rings. The second-order valence-electron chi connectivity index (χ2n) is 2.98. The molecule has 0 saturated carbocycles. The van der Waals surface area contributed by atoms with Crippen molar-refractivity contribution in [2.75, 3.05) is 0 Å². The Labute approximate surface area is 96.9 Å². The van der Waals surface area contributed by atoms with Crippen LogP contribution < -0.4 is 0 Å². The Balaban J connectivity index is 2.18. The summed E-state index contributed by atoms with van der Waals surface area (Å²) in [6.07, 6.45) is 1.59. The monoisotopic (exact) mass is 237 g/mol. The van der Waals surface area contributed by atoms with Gasteiger partial charge in [-0.15, -0.1) is 5.10 Å². The molecule has 15 heavy (non-hydrogen) atoms. The van der Waals surface area contributed by atoms with Gasteiger partial charge in [-0.3, -0.25) is 0 Å². The summed E-state index contributed by atoms with van der Waals surface area (Å²) >= 11 is 7.15. The fourth-order valence-corrected chi connectivity index (χ4v) is 1.97. The molecule has 1 aromatic heterocycles. The number of rotatable bonds is 2. The summed E-state index contributed by atoms with van der Waals surface area (Å²) in [5.41, 5.74) is 1.23. The molecule has 5 heteroatoms. The zero-order valence-corrected chi connectivity index (χ0v) is 9.59. The van der Waals surface area contributed by atoms with Crippen molar-refractivity contribution in [1.82, 2.24) is 15.2 Å². The second-order valence-corrected chi connectivity index (χ2v) is 4.41. The number of benzene rings is 1. The molecule has 1 heterocycles. The van der Waals surface area contributed by atoms with Crippen LogP contribution in [0.1, 0.15) is 5.56 Å². The maximum absolute atomic E-state index is 5.64. The molecule has 0 radical (unpaired) electrons.